The first-order valence-electron chi connectivity index (χ1n) is 12.4. The van der Waals surface area contributed by atoms with E-state index in [1.165, 1.54) is 34.1 Å². The van der Waals surface area contributed by atoms with Crippen LogP contribution in [-0.2, 0) is 17.9 Å². The Hall–Kier alpha value is -2.66. The van der Waals surface area contributed by atoms with Crippen LogP contribution in [0, 0.1) is 18.7 Å². The van der Waals surface area contributed by atoms with Crippen molar-refractivity contribution in [2.45, 2.75) is 58.5 Å². The summed E-state index contributed by atoms with van der Waals surface area (Å²) in [5.74, 6) is 0.730. The molecule has 1 aliphatic heterocycles. The van der Waals surface area contributed by atoms with Crippen LogP contribution in [0.1, 0.15) is 60.9 Å². The molecular weight excluding hydrogens is 413 g/mol. The number of nitrogens with zero attached hydrogens (tertiary/aromatic N) is 2. The van der Waals surface area contributed by atoms with Crippen molar-refractivity contribution in [2.75, 3.05) is 19.6 Å². The van der Waals surface area contributed by atoms with Crippen molar-refractivity contribution in [3.63, 3.8) is 0 Å². The zero-order valence-corrected chi connectivity index (χ0v) is 19.7. The first-order valence-corrected chi connectivity index (χ1v) is 12.4. The summed E-state index contributed by atoms with van der Waals surface area (Å²) in [6.07, 6.45) is 4.19. The van der Waals surface area contributed by atoms with E-state index in [0.29, 0.717) is 18.4 Å². The maximum atomic E-state index is 14.4. The molecule has 1 amide bonds. The van der Waals surface area contributed by atoms with Gasteiger partial charge in [-0.1, -0.05) is 36.8 Å². The van der Waals surface area contributed by atoms with E-state index in [-0.39, 0.29) is 11.7 Å². The highest BCUT2D eigenvalue weighted by molar-refractivity contribution is 5.86. The average molecular weight is 448 g/mol. The summed E-state index contributed by atoms with van der Waals surface area (Å²) < 4.78 is 14.4. The fraction of sp³-hybridized carbons (Fsp3) is 0.464. The fourth-order valence-electron chi connectivity index (χ4n) is 5.54. The Morgan fingerprint density at radius 1 is 1.21 bits per heavy atom. The van der Waals surface area contributed by atoms with E-state index in [9.17, 15) is 9.18 Å². The molecule has 1 N–H and O–H groups in total. The fourth-order valence-corrected chi connectivity index (χ4v) is 5.54. The van der Waals surface area contributed by atoms with Crippen LogP contribution in [0.5, 0.6) is 0 Å². The number of hydrogen-bond acceptors (Lipinski definition) is 2. The molecule has 5 heteroatoms. The molecule has 1 aromatic heterocycles. The number of hydrogen-bond donors (Lipinski definition) is 1. The van der Waals surface area contributed by atoms with Gasteiger partial charge in [-0.2, -0.15) is 0 Å². The lowest BCUT2D eigenvalue weighted by Crippen LogP contribution is -2.41. The predicted molar refractivity (Wildman–Crippen MR) is 131 cm³/mol. The number of carbonyl (C=O) groups is 1. The van der Waals surface area contributed by atoms with E-state index in [4.69, 9.17) is 0 Å². The zero-order valence-electron chi connectivity index (χ0n) is 19.7. The molecule has 33 heavy (non-hydrogen) atoms. The highest BCUT2D eigenvalue weighted by atomic mass is 19.1. The minimum atomic E-state index is -0.143. The molecule has 174 valence electrons. The number of amides is 1. The number of H-pyrrole nitrogens is 1. The Balaban J connectivity index is 1.41. The quantitative estimate of drug-likeness (QED) is 0.501. The number of aromatic nitrogens is 1. The van der Waals surface area contributed by atoms with Gasteiger partial charge in [0.2, 0.25) is 5.91 Å². The maximum absolute atomic E-state index is 14.4. The van der Waals surface area contributed by atoms with Crippen LogP contribution in [0.15, 0.2) is 42.5 Å². The summed E-state index contributed by atoms with van der Waals surface area (Å²) in [6.45, 7) is 8.00. The summed E-state index contributed by atoms with van der Waals surface area (Å²) in [4.78, 5) is 20.9. The Kier molecular flexibility index (Phi) is 6.24. The molecule has 3 aromatic rings. The molecule has 5 rings (SSSR count). The molecule has 4 nitrogen and oxygen atoms in total. The third-order valence-electron chi connectivity index (χ3n) is 7.59. The smallest absolute Gasteiger partial charge is 0.225 e. The largest absolute Gasteiger partial charge is 0.357 e. The third kappa shape index (κ3) is 4.43. The molecule has 1 fully saturated rings. The Morgan fingerprint density at radius 2 is 2.03 bits per heavy atom. The molecule has 1 unspecified atom stereocenters. The number of aromatic amines is 1. The molecule has 1 aliphatic carbocycles. The molecule has 0 saturated heterocycles. The van der Waals surface area contributed by atoms with Gasteiger partial charge in [-0.15, -0.1) is 0 Å². The lowest BCUT2D eigenvalue weighted by atomic mass is 9.84. The molecule has 2 aliphatic rings. The number of rotatable bonds is 7. The first-order chi connectivity index (χ1) is 16.0. The van der Waals surface area contributed by atoms with Gasteiger partial charge in [0.15, 0.2) is 0 Å². The Labute approximate surface area is 195 Å². The van der Waals surface area contributed by atoms with Gasteiger partial charge in [0, 0.05) is 66.7 Å². The number of carbonyl (C=O) groups excluding carboxylic acids is 1. The van der Waals surface area contributed by atoms with Gasteiger partial charge in [0.1, 0.15) is 5.82 Å². The number of benzene rings is 2. The molecule has 2 aromatic carbocycles. The van der Waals surface area contributed by atoms with Crippen molar-refractivity contribution < 1.29 is 9.18 Å². The average Bonchev–Trinajstić information content (AvgIpc) is 3.12. The SMILES string of the molecule is CCN(CCC1CN(Cc2ccccc2F)Cc2[nH]c3cc(C)ccc3c21)C(=O)C1CCC1. The van der Waals surface area contributed by atoms with Crippen LogP contribution in [0.2, 0.25) is 0 Å². The second-order valence-electron chi connectivity index (χ2n) is 9.86. The van der Waals surface area contributed by atoms with Crippen molar-refractivity contribution in [1.29, 1.82) is 0 Å². The topological polar surface area (TPSA) is 39.3 Å². The normalized spacial score (nSPS) is 18.8. The third-order valence-corrected chi connectivity index (χ3v) is 7.59. The number of halogens is 1. The Bertz CT molecular complexity index is 1150. The van der Waals surface area contributed by atoms with Gasteiger partial charge in [-0.25, -0.2) is 4.39 Å². The zero-order chi connectivity index (χ0) is 22.9. The van der Waals surface area contributed by atoms with Gasteiger partial charge >= 0.3 is 0 Å². The summed E-state index contributed by atoms with van der Waals surface area (Å²) in [6, 6.07) is 13.7. The molecule has 1 saturated carbocycles. The van der Waals surface area contributed by atoms with Crippen LogP contribution in [0.3, 0.4) is 0 Å². The second kappa shape index (κ2) is 9.30. The Morgan fingerprint density at radius 3 is 2.76 bits per heavy atom. The van der Waals surface area contributed by atoms with Crippen molar-refractivity contribution in [3.8, 4) is 0 Å². The maximum Gasteiger partial charge on any atom is 0.225 e. The van der Waals surface area contributed by atoms with Crippen LogP contribution in [-0.4, -0.2) is 40.3 Å². The highest BCUT2D eigenvalue weighted by Gasteiger charge is 2.32. The van der Waals surface area contributed by atoms with Crippen molar-refractivity contribution in [2.24, 2.45) is 5.92 Å². The molecule has 0 radical (unpaired) electrons. The number of nitrogens with one attached hydrogen (secondary N) is 1. The van der Waals surface area contributed by atoms with Gasteiger partial charge < -0.3 is 9.88 Å². The van der Waals surface area contributed by atoms with Gasteiger partial charge in [-0.05, 0) is 56.4 Å². The van der Waals surface area contributed by atoms with E-state index in [2.05, 4.69) is 46.8 Å². The van der Waals surface area contributed by atoms with E-state index >= 15 is 0 Å². The van der Waals surface area contributed by atoms with E-state index < -0.39 is 0 Å². The van der Waals surface area contributed by atoms with E-state index in [0.717, 1.165) is 51.0 Å². The minimum Gasteiger partial charge on any atom is -0.357 e. The van der Waals surface area contributed by atoms with Crippen LogP contribution in [0.4, 0.5) is 4.39 Å². The van der Waals surface area contributed by atoms with Crippen molar-refractivity contribution in [3.05, 3.63) is 70.7 Å². The van der Waals surface area contributed by atoms with Crippen molar-refractivity contribution in [1.82, 2.24) is 14.8 Å². The molecule has 0 spiro atoms. The van der Waals surface area contributed by atoms with Gasteiger partial charge in [0.05, 0.1) is 0 Å². The summed E-state index contributed by atoms with van der Waals surface area (Å²) in [7, 11) is 0. The monoisotopic (exact) mass is 447 g/mol. The molecular formula is C28H34FN3O. The van der Waals surface area contributed by atoms with Crippen LogP contribution in [0.25, 0.3) is 10.9 Å². The molecule has 0 bridgehead atoms. The molecule has 2 heterocycles. The minimum absolute atomic E-state index is 0.143. The molecule has 1 atom stereocenters. The second-order valence-corrected chi connectivity index (χ2v) is 9.86. The lowest BCUT2D eigenvalue weighted by Gasteiger charge is -2.35. The number of fused-ring (bicyclic) bond motifs is 3. The number of aryl methyl sites for hydroxylation is 1. The van der Waals surface area contributed by atoms with Crippen molar-refractivity contribution >= 4 is 16.8 Å². The highest BCUT2D eigenvalue weighted by Crippen LogP contribution is 2.38. The predicted octanol–water partition coefficient (Wildman–Crippen LogP) is 5.75. The summed E-state index contributed by atoms with van der Waals surface area (Å²) in [5.41, 5.74) is 5.78. The summed E-state index contributed by atoms with van der Waals surface area (Å²) >= 11 is 0. The summed E-state index contributed by atoms with van der Waals surface area (Å²) in [5, 5.41) is 1.29. The van der Waals surface area contributed by atoms with Crippen LogP contribution >= 0.6 is 0 Å². The van der Waals surface area contributed by atoms with Gasteiger partial charge in [-0.3, -0.25) is 9.69 Å². The first kappa shape index (κ1) is 22.1. The van der Waals surface area contributed by atoms with E-state index in [1.54, 1.807) is 12.1 Å². The van der Waals surface area contributed by atoms with Gasteiger partial charge in [0.25, 0.3) is 0 Å². The van der Waals surface area contributed by atoms with E-state index in [1.807, 2.05) is 12.1 Å². The lowest BCUT2D eigenvalue weighted by molar-refractivity contribution is -0.138. The van der Waals surface area contributed by atoms with Crippen LogP contribution < -0.4 is 0 Å². The standard InChI is InChI=1S/C28H34FN3O/c1-3-32(28(33)20-8-6-9-20)14-13-22-17-31(16-21-7-4-5-10-24(21)29)18-26-27(22)23-12-11-19(2)15-25(23)30-26/h4-5,7,10-12,15,20,22,30H,3,6,8-9,13-14,16-18H2,1-2H3.